The molecule has 1 N–H and O–H groups in total. The van der Waals surface area contributed by atoms with Gasteiger partial charge in [0.15, 0.2) is 0 Å². The van der Waals surface area contributed by atoms with Crippen molar-refractivity contribution in [2.75, 3.05) is 0 Å². The zero-order chi connectivity index (χ0) is 14.2. The molecule has 0 saturated carbocycles. The summed E-state index contributed by atoms with van der Waals surface area (Å²) in [6, 6.07) is 3.69. The first-order valence-electron chi connectivity index (χ1n) is 4.94. The average Bonchev–Trinajstić information content (AvgIpc) is 2.34. The van der Waals surface area contributed by atoms with Gasteiger partial charge in [0, 0.05) is 10.6 Å². The zero-order valence-electron chi connectivity index (χ0n) is 9.12. The van der Waals surface area contributed by atoms with Crippen molar-refractivity contribution in [1.82, 2.24) is 4.98 Å². The van der Waals surface area contributed by atoms with E-state index in [0.29, 0.717) is 0 Å². The molecule has 0 saturated heterocycles. The summed E-state index contributed by atoms with van der Waals surface area (Å²) in [5.41, 5.74) is -0.0832. The molecule has 2 aromatic rings. The minimum absolute atomic E-state index is 0.00306. The summed E-state index contributed by atoms with van der Waals surface area (Å²) in [5, 5.41) is 9.60. The summed E-state index contributed by atoms with van der Waals surface area (Å²) < 4.78 is 13.1. The van der Waals surface area contributed by atoms with E-state index in [9.17, 15) is 9.18 Å². The van der Waals surface area contributed by atoms with Gasteiger partial charge in [-0.1, -0.05) is 34.8 Å². The molecule has 7 heteroatoms. The highest BCUT2D eigenvalue weighted by Gasteiger charge is 2.18. The summed E-state index contributed by atoms with van der Waals surface area (Å²) >= 11 is 17.7. The molecule has 3 nitrogen and oxygen atoms in total. The number of hydrogen-bond acceptors (Lipinski definition) is 2. The Hall–Kier alpha value is -1.36. The van der Waals surface area contributed by atoms with Gasteiger partial charge in [-0.25, -0.2) is 9.18 Å². The van der Waals surface area contributed by atoms with Crippen LogP contribution >= 0.6 is 34.8 Å². The highest BCUT2D eigenvalue weighted by Crippen LogP contribution is 2.37. The molecule has 0 aliphatic carbocycles. The van der Waals surface area contributed by atoms with Crippen LogP contribution in [-0.2, 0) is 0 Å². The quantitative estimate of drug-likeness (QED) is 0.826. The third kappa shape index (κ3) is 2.81. The first kappa shape index (κ1) is 14.1. The van der Waals surface area contributed by atoms with Crippen molar-refractivity contribution in [3.05, 3.63) is 50.8 Å². The Morgan fingerprint density at radius 3 is 2.53 bits per heavy atom. The molecule has 1 aromatic heterocycles. The van der Waals surface area contributed by atoms with Gasteiger partial charge >= 0.3 is 5.97 Å². The van der Waals surface area contributed by atoms with Crippen LogP contribution in [0.1, 0.15) is 10.4 Å². The molecule has 0 fully saturated rings. The number of aromatic nitrogens is 1. The van der Waals surface area contributed by atoms with Crippen LogP contribution in [0.25, 0.3) is 11.3 Å². The van der Waals surface area contributed by atoms with Crippen molar-refractivity contribution >= 4 is 40.8 Å². The van der Waals surface area contributed by atoms with E-state index in [4.69, 9.17) is 39.9 Å². The minimum atomic E-state index is -1.32. The van der Waals surface area contributed by atoms with E-state index in [0.717, 1.165) is 12.3 Å². The fourth-order valence-corrected chi connectivity index (χ4v) is 2.24. The molecule has 0 amide bonds. The molecule has 0 spiro atoms. The number of carboxylic acid groups (broad SMARTS) is 1. The number of carboxylic acids is 1. The van der Waals surface area contributed by atoms with Crippen LogP contribution in [0, 0.1) is 5.82 Å². The van der Waals surface area contributed by atoms with Gasteiger partial charge in [0.1, 0.15) is 5.82 Å². The number of nitrogens with zero attached hydrogens (tertiary/aromatic N) is 1. The number of carbonyl (C=O) groups is 1. The molecule has 0 unspecified atom stereocenters. The van der Waals surface area contributed by atoms with Crippen molar-refractivity contribution in [3.63, 3.8) is 0 Å². The Bertz CT molecular complexity index is 676. The predicted molar refractivity (Wildman–Crippen MR) is 71.6 cm³/mol. The SMILES string of the molecule is O=C(O)c1cc(F)cnc1-c1cc(Cl)cc(Cl)c1Cl. The van der Waals surface area contributed by atoms with Crippen molar-refractivity contribution < 1.29 is 14.3 Å². The second-order valence-corrected chi connectivity index (χ2v) is 4.83. The Labute approximate surface area is 122 Å². The molecule has 0 atom stereocenters. The van der Waals surface area contributed by atoms with E-state index in [2.05, 4.69) is 4.98 Å². The molecule has 2 rings (SSSR count). The van der Waals surface area contributed by atoms with E-state index in [1.807, 2.05) is 0 Å². The second kappa shape index (κ2) is 5.33. The lowest BCUT2D eigenvalue weighted by molar-refractivity contribution is 0.0697. The molecule has 19 heavy (non-hydrogen) atoms. The maximum absolute atomic E-state index is 13.1. The highest BCUT2D eigenvalue weighted by molar-refractivity contribution is 6.45. The van der Waals surface area contributed by atoms with Gasteiger partial charge in [-0.2, -0.15) is 0 Å². The monoisotopic (exact) mass is 319 g/mol. The fourth-order valence-electron chi connectivity index (χ4n) is 1.55. The highest BCUT2D eigenvalue weighted by atomic mass is 35.5. The van der Waals surface area contributed by atoms with Crippen LogP contribution < -0.4 is 0 Å². The van der Waals surface area contributed by atoms with Gasteiger partial charge in [0.05, 0.1) is 27.5 Å². The molecule has 0 aliphatic heterocycles. The molecule has 0 aliphatic rings. The van der Waals surface area contributed by atoms with Gasteiger partial charge in [0.2, 0.25) is 0 Å². The summed E-state index contributed by atoms with van der Waals surface area (Å²) in [5.74, 6) is -2.08. The van der Waals surface area contributed by atoms with Crippen LogP contribution in [0.4, 0.5) is 4.39 Å². The number of hydrogen-bond donors (Lipinski definition) is 1. The van der Waals surface area contributed by atoms with E-state index in [1.54, 1.807) is 0 Å². The normalized spacial score (nSPS) is 10.5. The number of halogens is 4. The van der Waals surface area contributed by atoms with Gasteiger partial charge in [-0.15, -0.1) is 0 Å². The van der Waals surface area contributed by atoms with Crippen molar-refractivity contribution in [3.8, 4) is 11.3 Å². The minimum Gasteiger partial charge on any atom is -0.478 e. The van der Waals surface area contributed by atoms with Crippen LogP contribution in [0.3, 0.4) is 0 Å². The lowest BCUT2D eigenvalue weighted by atomic mass is 10.1. The third-order valence-corrected chi connectivity index (χ3v) is 3.35. The summed E-state index contributed by atoms with van der Waals surface area (Å²) in [7, 11) is 0. The standard InChI is InChI=1S/C12H5Cl3FNO2/c13-5-1-7(10(15)9(14)2-5)11-8(12(18)19)3-6(16)4-17-11/h1-4H,(H,18,19). The lowest BCUT2D eigenvalue weighted by Crippen LogP contribution is -2.03. The van der Waals surface area contributed by atoms with E-state index in [-0.39, 0.29) is 31.9 Å². The largest absolute Gasteiger partial charge is 0.478 e. The Kier molecular flexibility index (Phi) is 3.94. The van der Waals surface area contributed by atoms with Crippen molar-refractivity contribution in [2.24, 2.45) is 0 Å². The molecule has 0 bridgehead atoms. The Balaban J connectivity index is 2.75. The first-order chi connectivity index (χ1) is 8.90. The molecule has 0 radical (unpaired) electrons. The summed E-state index contributed by atoms with van der Waals surface area (Å²) in [6.07, 6.45) is 0.896. The van der Waals surface area contributed by atoms with E-state index in [1.165, 1.54) is 12.1 Å². The van der Waals surface area contributed by atoms with Crippen LogP contribution in [-0.4, -0.2) is 16.1 Å². The third-order valence-electron chi connectivity index (χ3n) is 2.33. The first-order valence-corrected chi connectivity index (χ1v) is 6.07. The Morgan fingerprint density at radius 2 is 1.89 bits per heavy atom. The van der Waals surface area contributed by atoms with E-state index >= 15 is 0 Å². The number of benzene rings is 1. The predicted octanol–water partition coefficient (Wildman–Crippen LogP) is 4.55. The molecule has 1 aromatic carbocycles. The number of aromatic carboxylic acids is 1. The fraction of sp³-hybridized carbons (Fsp3) is 0. The van der Waals surface area contributed by atoms with Gasteiger partial charge in [-0.3, -0.25) is 4.98 Å². The van der Waals surface area contributed by atoms with Crippen molar-refractivity contribution in [1.29, 1.82) is 0 Å². The molecule has 1 heterocycles. The summed E-state index contributed by atoms with van der Waals surface area (Å²) in [4.78, 5) is 14.9. The van der Waals surface area contributed by atoms with Gasteiger partial charge in [-0.05, 0) is 18.2 Å². The summed E-state index contributed by atoms with van der Waals surface area (Å²) in [6.45, 7) is 0. The second-order valence-electron chi connectivity index (χ2n) is 3.60. The van der Waals surface area contributed by atoms with Gasteiger partial charge in [0.25, 0.3) is 0 Å². The van der Waals surface area contributed by atoms with Crippen LogP contribution in [0.5, 0.6) is 0 Å². The lowest BCUT2D eigenvalue weighted by Gasteiger charge is -2.09. The van der Waals surface area contributed by atoms with E-state index < -0.39 is 11.8 Å². The van der Waals surface area contributed by atoms with Crippen LogP contribution in [0.15, 0.2) is 24.4 Å². The maximum Gasteiger partial charge on any atom is 0.338 e. The van der Waals surface area contributed by atoms with Gasteiger partial charge < -0.3 is 5.11 Å². The average molecular weight is 321 g/mol. The molecule has 98 valence electrons. The molecular weight excluding hydrogens is 315 g/mol. The topological polar surface area (TPSA) is 50.2 Å². The zero-order valence-corrected chi connectivity index (χ0v) is 11.4. The van der Waals surface area contributed by atoms with Crippen LogP contribution in [0.2, 0.25) is 15.1 Å². The maximum atomic E-state index is 13.1. The number of pyridine rings is 1. The van der Waals surface area contributed by atoms with Crippen molar-refractivity contribution in [2.45, 2.75) is 0 Å². The number of rotatable bonds is 2. The Morgan fingerprint density at radius 1 is 1.21 bits per heavy atom. The molecular formula is C12H5Cl3FNO2. The smallest absolute Gasteiger partial charge is 0.338 e.